The van der Waals surface area contributed by atoms with Crippen molar-refractivity contribution in [3.63, 3.8) is 0 Å². The summed E-state index contributed by atoms with van der Waals surface area (Å²) in [5, 5.41) is 14.1. The van der Waals surface area contributed by atoms with Crippen LogP contribution in [0.15, 0.2) is 29.2 Å². The number of para-hydroxylation sites is 1. The average molecular weight is 299 g/mol. The molecule has 0 radical (unpaired) electrons. The van der Waals surface area contributed by atoms with Crippen molar-refractivity contribution in [3.8, 4) is 0 Å². The zero-order valence-electron chi connectivity index (χ0n) is 11.1. The first kappa shape index (κ1) is 14.9. The molecule has 1 aliphatic heterocycles. The summed E-state index contributed by atoms with van der Waals surface area (Å²) in [5.41, 5.74) is -0.406. The molecule has 1 fully saturated rings. The third-order valence-corrected chi connectivity index (χ3v) is 4.96. The van der Waals surface area contributed by atoms with Gasteiger partial charge in [-0.05, 0) is 32.4 Å². The quantitative estimate of drug-likeness (QED) is 0.638. The summed E-state index contributed by atoms with van der Waals surface area (Å²) in [6.07, 6.45) is 1.59. The SMILES string of the molecule is C[C@H]1NCCC[C@H]1NS(=O)(=O)c1ccccc1[N+](=O)[O-]. The second-order valence-electron chi connectivity index (χ2n) is 4.84. The fourth-order valence-corrected chi connectivity index (χ4v) is 3.83. The van der Waals surface area contributed by atoms with Gasteiger partial charge in [0.25, 0.3) is 5.69 Å². The molecule has 0 aliphatic carbocycles. The highest BCUT2D eigenvalue weighted by Crippen LogP contribution is 2.23. The minimum atomic E-state index is -3.90. The van der Waals surface area contributed by atoms with Crippen LogP contribution in [0, 0.1) is 10.1 Å². The molecule has 1 aliphatic rings. The lowest BCUT2D eigenvalue weighted by Gasteiger charge is -2.30. The number of nitrogens with one attached hydrogen (secondary N) is 2. The molecule has 0 bridgehead atoms. The molecule has 2 atom stereocenters. The molecule has 0 spiro atoms. The van der Waals surface area contributed by atoms with Crippen LogP contribution in [0.3, 0.4) is 0 Å². The molecule has 0 amide bonds. The predicted octanol–water partition coefficient (Wildman–Crippen LogP) is 1.01. The van der Waals surface area contributed by atoms with Crippen LogP contribution in [-0.4, -0.2) is 32.0 Å². The highest BCUT2D eigenvalue weighted by Gasteiger charge is 2.30. The predicted molar refractivity (Wildman–Crippen MR) is 73.9 cm³/mol. The van der Waals surface area contributed by atoms with Crippen LogP contribution in [0.2, 0.25) is 0 Å². The number of nitrogens with zero attached hydrogens (tertiary/aromatic N) is 1. The van der Waals surface area contributed by atoms with Gasteiger partial charge >= 0.3 is 0 Å². The summed E-state index contributed by atoms with van der Waals surface area (Å²) in [6.45, 7) is 2.75. The second-order valence-corrected chi connectivity index (χ2v) is 6.52. The number of nitro groups is 1. The summed E-state index contributed by atoms with van der Waals surface area (Å²) < 4.78 is 27.2. The monoisotopic (exact) mass is 299 g/mol. The van der Waals surface area contributed by atoms with Gasteiger partial charge < -0.3 is 5.32 Å². The van der Waals surface area contributed by atoms with Gasteiger partial charge in [-0.15, -0.1) is 0 Å². The van der Waals surface area contributed by atoms with Crippen molar-refractivity contribution in [1.82, 2.24) is 10.0 Å². The molecule has 1 heterocycles. The van der Waals surface area contributed by atoms with E-state index in [0.29, 0.717) is 6.42 Å². The molecule has 0 unspecified atom stereocenters. The van der Waals surface area contributed by atoms with E-state index in [4.69, 9.17) is 0 Å². The zero-order valence-corrected chi connectivity index (χ0v) is 11.9. The summed E-state index contributed by atoms with van der Waals surface area (Å²) in [6, 6.07) is 5.11. The van der Waals surface area contributed by atoms with Gasteiger partial charge in [-0.3, -0.25) is 10.1 Å². The van der Waals surface area contributed by atoms with Gasteiger partial charge in [-0.1, -0.05) is 12.1 Å². The van der Waals surface area contributed by atoms with E-state index in [-0.39, 0.29) is 17.0 Å². The second kappa shape index (κ2) is 5.86. The fraction of sp³-hybridized carbons (Fsp3) is 0.500. The topological polar surface area (TPSA) is 101 Å². The van der Waals surface area contributed by atoms with E-state index in [0.717, 1.165) is 13.0 Å². The minimum Gasteiger partial charge on any atom is -0.313 e. The van der Waals surface area contributed by atoms with Crippen LogP contribution in [0.5, 0.6) is 0 Å². The number of sulfonamides is 1. The maximum atomic E-state index is 12.3. The first-order valence-electron chi connectivity index (χ1n) is 6.41. The average Bonchev–Trinajstić information content (AvgIpc) is 2.41. The Hall–Kier alpha value is -1.51. The van der Waals surface area contributed by atoms with E-state index in [1.807, 2.05) is 6.92 Å². The molecule has 0 aromatic heterocycles. The van der Waals surface area contributed by atoms with Crippen LogP contribution in [0.4, 0.5) is 5.69 Å². The van der Waals surface area contributed by atoms with Crippen LogP contribution >= 0.6 is 0 Å². The normalized spacial score (nSPS) is 23.4. The zero-order chi connectivity index (χ0) is 14.8. The van der Waals surface area contributed by atoms with Gasteiger partial charge in [-0.25, -0.2) is 13.1 Å². The summed E-state index contributed by atoms with van der Waals surface area (Å²) >= 11 is 0. The third kappa shape index (κ3) is 3.14. The standard InChI is InChI=1S/C12H17N3O4S/c1-9-10(5-4-8-13-9)14-20(18,19)12-7-3-2-6-11(12)15(16)17/h2-3,6-7,9-10,13-14H,4-5,8H2,1H3/t9-,10-/m1/s1. The molecule has 2 rings (SSSR count). The molecule has 7 nitrogen and oxygen atoms in total. The fourth-order valence-electron chi connectivity index (χ4n) is 2.30. The molecule has 2 N–H and O–H groups in total. The van der Waals surface area contributed by atoms with E-state index in [1.165, 1.54) is 24.3 Å². The Kier molecular flexibility index (Phi) is 4.36. The molecule has 0 saturated carbocycles. The van der Waals surface area contributed by atoms with Gasteiger partial charge in [-0.2, -0.15) is 0 Å². The van der Waals surface area contributed by atoms with E-state index in [2.05, 4.69) is 10.0 Å². The third-order valence-electron chi connectivity index (χ3n) is 3.42. The Morgan fingerprint density at radius 3 is 2.75 bits per heavy atom. The summed E-state index contributed by atoms with van der Waals surface area (Å²) in [4.78, 5) is 9.95. The Balaban J connectivity index is 2.29. The maximum Gasteiger partial charge on any atom is 0.289 e. The Labute approximate surface area is 117 Å². The van der Waals surface area contributed by atoms with Gasteiger partial charge in [0.05, 0.1) is 4.92 Å². The summed E-state index contributed by atoms with van der Waals surface area (Å²) in [7, 11) is -3.90. The first-order valence-corrected chi connectivity index (χ1v) is 7.89. The van der Waals surface area contributed by atoms with Crippen molar-refractivity contribution in [2.24, 2.45) is 0 Å². The molecule has 1 aromatic carbocycles. The Bertz CT molecular complexity index is 602. The molecule has 1 saturated heterocycles. The smallest absolute Gasteiger partial charge is 0.289 e. The van der Waals surface area contributed by atoms with Crippen LogP contribution < -0.4 is 10.0 Å². The first-order chi connectivity index (χ1) is 9.42. The number of hydrogen-bond donors (Lipinski definition) is 2. The Morgan fingerprint density at radius 1 is 1.40 bits per heavy atom. The van der Waals surface area contributed by atoms with E-state index in [9.17, 15) is 18.5 Å². The molecular formula is C12H17N3O4S. The molecule has 8 heteroatoms. The van der Waals surface area contributed by atoms with Crippen molar-refractivity contribution in [1.29, 1.82) is 0 Å². The lowest BCUT2D eigenvalue weighted by atomic mass is 10.0. The molecule has 110 valence electrons. The molecule has 20 heavy (non-hydrogen) atoms. The van der Waals surface area contributed by atoms with Crippen molar-refractivity contribution < 1.29 is 13.3 Å². The number of hydrogen-bond acceptors (Lipinski definition) is 5. The Morgan fingerprint density at radius 2 is 2.10 bits per heavy atom. The minimum absolute atomic E-state index is 0.00120. The van der Waals surface area contributed by atoms with Crippen molar-refractivity contribution in [3.05, 3.63) is 34.4 Å². The van der Waals surface area contributed by atoms with Crippen LogP contribution in [-0.2, 0) is 10.0 Å². The van der Waals surface area contributed by atoms with Gasteiger partial charge in [0, 0.05) is 18.2 Å². The highest BCUT2D eigenvalue weighted by molar-refractivity contribution is 7.89. The summed E-state index contributed by atoms with van der Waals surface area (Å²) in [5.74, 6) is 0. The number of piperidine rings is 1. The van der Waals surface area contributed by atoms with Crippen LogP contribution in [0.25, 0.3) is 0 Å². The lowest BCUT2D eigenvalue weighted by Crippen LogP contribution is -2.51. The van der Waals surface area contributed by atoms with Crippen molar-refractivity contribution in [2.45, 2.75) is 36.7 Å². The van der Waals surface area contributed by atoms with E-state index in [1.54, 1.807) is 0 Å². The lowest BCUT2D eigenvalue weighted by molar-refractivity contribution is -0.387. The highest BCUT2D eigenvalue weighted by atomic mass is 32.2. The van der Waals surface area contributed by atoms with E-state index < -0.39 is 20.6 Å². The molecular weight excluding hydrogens is 282 g/mol. The number of benzene rings is 1. The molecule has 1 aromatic rings. The van der Waals surface area contributed by atoms with Gasteiger partial charge in [0.15, 0.2) is 4.90 Å². The van der Waals surface area contributed by atoms with Gasteiger partial charge in [0.1, 0.15) is 0 Å². The van der Waals surface area contributed by atoms with E-state index >= 15 is 0 Å². The van der Waals surface area contributed by atoms with Crippen molar-refractivity contribution in [2.75, 3.05) is 6.54 Å². The van der Waals surface area contributed by atoms with Crippen LogP contribution in [0.1, 0.15) is 19.8 Å². The van der Waals surface area contributed by atoms with Crippen molar-refractivity contribution >= 4 is 15.7 Å². The number of rotatable bonds is 4. The maximum absolute atomic E-state index is 12.3. The number of nitro benzene ring substituents is 1. The van der Waals surface area contributed by atoms with Gasteiger partial charge in [0.2, 0.25) is 10.0 Å². The largest absolute Gasteiger partial charge is 0.313 e.